The molecule has 2 aromatic carbocycles. The molecule has 1 unspecified atom stereocenters. The van der Waals surface area contributed by atoms with Gasteiger partial charge in [0.15, 0.2) is 0 Å². The highest BCUT2D eigenvalue weighted by molar-refractivity contribution is 9.10. The van der Waals surface area contributed by atoms with Crippen molar-refractivity contribution in [3.05, 3.63) is 67.1 Å². The van der Waals surface area contributed by atoms with Gasteiger partial charge in [0.1, 0.15) is 0 Å². The maximum absolute atomic E-state index is 6.43. The van der Waals surface area contributed by atoms with Crippen LogP contribution in [0.3, 0.4) is 0 Å². The summed E-state index contributed by atoms with van der Waals surface area (Å²) in [6, 6.07) is 9.98. The minimum atomic E-state index is 0.0217. The Morgan fingerprint density at radius 3 is 2.25 bits per heavy atom. The first-order valence-corrected chi connectivity index (χ1v) is 7.87. The van der Waals surface area contributed by atoms with E-state index in [0.717, 1.165) is 20.6 Å². The molecular weight excluding hydrogens is 357 g/mol. The van der Waals surface area contributed by atoms with E-state index in [1.54, 1.807) is 0 Å². The maximum Gasteiger partial charge on any atom is 0.0600 e. The Morgan fingerprint density at radius 1 is 1.00 bits per heavy atom. The molecule has 0 fully saturated rings. The van der Waals surface area contributed by atoms with Crippen LogP contribution >= 0.6 is 39.1 Å². The van der Waals surface area contributed by atoms with Crippen LogP contribution in [-0.2, 0) is 0 Å². The summed E-state index contributed by atoms with van der Waals surface area (Å²) in [5, 5.41) is 4.81. The second-order valence-corrected chi connectivity index (χ2v) is 6.54. The van der Waals surface area contributed by atoms with E-state index in [-0.39, 0.29) is 6.04 Å². The molecule has 0 saturated heterocycles. The summed E-state index contributed by atoms with van der Waals surface area (Å²) in [5.41, 5.74) is 4.61. The molecule has 20 heavy (non-hydrogen) atoms. The molecule has 4 heteroatoms. The Morgan fingerprint density at radius 2 is 1.65 bits per heavy atom. The van der Waals surface area contributed by atoms with Crippen LogP contribution in [0.2, 0.25) is 10.0 Å². The highest BCUT2D eigenvalue weighted by atomic mass is 79.9. The summed E-state index contributed by atoms with van der Waals surface area (Å²) in [6.45, 7) is 4.16. The van der Waals surface area contributed by atoms with Gasteiger partial charge in [0.2, 0.25) is 0 Å². The van der Waals surface area contributed by atoms with Crippen molar-refractivity contribution in [2.24, 2.45) is 0 Å². The van der Waals surface area contributed by atoms with E-state index < -0.39 is 0 Å². The van der Waals surface area contributed by atoms with E-state index in [1.807, 2.05) is 31.3 Å². The molecule has 106 valence electrons. The lowest BCUT2D eigenvalue weighted by molar-refractivity contribution is 0.688. The van der Waals surface area contributed by atoms with E-state index >= 15 is 0 Å². The molecule has 0 aliphatic heterocycles. The zero-order valence-corrected chi connectivity index (χ0v) is 14.7. The highest BCUT2D eigenvalue weighted by Gasteiger charge is 2.18. The molecule has 0 aliphatic rings. The van der Waals surface area contributed by atoms with Gasteiger partial charge in [-0.25, -0.2) is 0 Å². The predicted molar refractivity (Wildman–Crippen MR) is 91.0 cm³/mol. The average Bonchev–Trinajstić information content (AvgIpc) is 2.38. The van der Waals surface area contributed by atoms with Gasteiger partial charge in [-0.15, -0.1) is 0 Å². The van der Waals surface area contributed by atoms with Gasteiger partial charge >= 0.3 is 0 Å². The second-order valence-electron chi connectivity index (χ2n) is 4.85. The maximum atomic E-state index is 6.43. The number of nitrogens with one attached hydrogen (secondary N) is 1. The van der Waals surface area contributed by atoms with E-state index in [0.29, 0.717) is 5.02 Å². The molecule has 0 amide bonds. The van der Waals surface area contributed by atoms with Gasteiger partial charge in [0.25, 0.3) is 0 Å². The van der Waals surface area contributed by atoms with Crippen molar-refractivity contribution < 1.29 is 0 Å². The Bertz CT molecular complexity index is 641. The first-order chi connectivity index (χ1) is 9.43. The van der Waals surface area contributed by atoms with Crippen LogP contribution in [0.15, 0.2) is 34.8 Å². The van der Waals surface area contributed by atoms with Gasteiger partial charge < -0.3 is 5.32 Å². The zero-order valence-electron chi connectivity index (χ0n) is 11.6. The lowest BCUT2D eigenvalue weighted by Gasteiger charge is -2.21. The fraction of sp³-hybridized carbons (Fsp3) is 0.250. The number of hydrogen-bond donors (Lipinski definition) is 1. The standard InChI is InChI=1S/C16H16BrCl2N/c1-9-6-13(15(19)7-10(9)2)16(20-3)12-5-4-11(18)8-14(12)17/h4-8,16,20H,1-3H3. The first-order valence-electron chi connectivity index (χ1n) is 6.33. The van der Waals surface area contributed by atoms with Gasteiger partial charge in [-0.3, -0.25) is 0 Å². The molecule has 1 atom stereocenters. The Labute approximate surface area is 138 Å². The summed E-state index contributed by atoms with van der Waals surface area (Å²) < 4.78 is 0.971. The number of halogens is 3. The van der Waals surface area contributed by atoms with Crippen molar-refractivity contribution in [3.8, 4) is 0 Å². The molecule has 0 heterocycles. The van der Waals surface area contributed by atoms with Crippen molar-refractivity contribution in [1.82, 2.24) is 5.32 Å². The van der Waals surface area contributed by atoms with Crippen molar-refractivity contribution in [3.63, 3.8) is 0 Å². The largest absolute Gasteiger partial charge is 0.309 e. The lowest BCUT2D eigenvalue weighted by atomic mass is 9.95. The van der Waals surface area contributed by atoms with Gasteiger partial charge in [-0.05, 0) is 61.3 Å². The number of rotatable bonds is 3. The first kappa shape index (κ1) is 15.8. The molecular formula is C16H16BrCl2N. The minimum Gasteiger partial charge on any atom is -0.309 e. The second kappa shape index (κ2) is 6.48. The predicted octanol–water partition coefficient (Wildman–Crippen LogP) is 5.68. The quantitative estimate of drug-likeness (QED) is 0.730. The lowest BCUT2D eigenvalue weighted by Crippen LogP contribution is -2.19. The SMILES string of the molecule is CNC(c1cc(C)c(C)cc1Cl)c1ccc(Cl)cc1Br. The van der Waals surface area contributed by atoms with Gasteiger partial charge in [-0.2, -0.15) is 0 Å². The summed E-state index contributed by atoms with van der Waals surface area (Å²) >= 11 is 16.0. The molecule has 1 nitrogen and oxygen atoms in total. The number of benzene rings is 2. The third-order valence-corrected chi connectivity index (χ3v) is 4.74. The van der Waals surface area contributed by atoms with Crippen LogP contribution in [0.1, 0.15) is 28.3 Å². The van der Waals surface area contributed by atoms with Crippen LogP contribution in [0.4, 0.5) is 0 Å². The Hall–Kier alpha value is -0.540. The summed E-state index contributed by atoms with van der Waals surface area (Å²) in [6.07, 6.45) is 0. The number of aryl methyl sites for hydroxylation is 2. The summed E-state index contributed by atoms with van der Waals surface area (Å²) in [5.74, 6) is 0. The fourth-order valence-corrected chi connectivity index (χ4v) is 3.48. The normalized spacial score (nSPS) is 12.5. The van der Waals surface area contributed by atoms with Gasteiger partial charge in [-0.1, -0.05) is 51.3 Å². The molecule has 0 saturated carbocycles. The van der Waals surface area contributed by atoms with Crippen molar-refractivity contribution in [2.75, 3.05) is 7.05 Å². The third-order valence-electron chi connectivity index (χ3n) is 3.49. The van der Waals surface area contributed by atoms with Crippen LogP contribution in [0.5, 0.6) is 0 Å². The monoisotopic (exact) mass is 371 g/mol. The van der Waals surface area contributed by atoms with Gasteiger partial charge in [0.05, 0.1) is 6.04 Å². The molecule has 0 bridgehead atoms. The van der Waals surface area contributed by atoms with Crippen molar-refractivity contribution in [2.45, 2.75) is 19.9 Å². The molecule has 1 N–H and O–H groups in total. The smallest absolute Gasteiger partial charge is 0.0600 e. The van der Waals surface area contributed by atoms with Crippen LogP contribution in [-0.4, -0.2) is 7.05 Å². The minimum absolute atomic E-state index is 0.0217. The van der Waals surface area contributed by atoms with Crippen molar-refractivity contribution >= 4 is 39.1 Å². The van der Waals surface area contributed by atoms with Crippen molar-refractivity contribution in [1.29, 1.82) is 0 Å². The molecule has 0 spiro atoms. The molecule has 0 aliphatic carbocycles. The molecule has 2 aromatic rings. The summed E-state index contributed by atoms with van der Waals surface area (Å²) in [7, 11) is 1.93. The molecule has 2 rings (SSSR count). The number of hydrogen-bond acceptors (Lipinski definition) is 1. The average molecular weight is 373 g/mol. The highest BCUT2D eigenvalue weighted by Crippen LogP contribution is 2.34. The van der Waals surface area contributed by atoms with Crippen LogP contribution < -0.4 is 5.32 Å². The Balaban J connectivity index is 2.55. The van der Waals surface area contributed by atoms with Gasteiger partial charge in [0, 0.05) is 14.5 Å². The molecule has 0 aromatic heterocycles. The zero-order chi connectivity index (χ0) is 14.9. The molecule has 0 radical (unpaired) electrons. The van der Waals surface area contributed by atoms with E-state index in [4.69, 9.17) is 23.2 Å². The third kappa shape index (κ3) is 3.20. The summed E-state index contributed by atoms with van der Waals surface area (Å²) in [4.78, 5) is 0. The Kier molecular flexibility index (Phi) is 5.14. The van der Waals surface area contributed by atoms with E-state index in [1.165, 1.54) is 11.1 Å². The van der Waals surface area contributed by atoms with Crippen LogP contribution in [0.25, 0.3) is 0 Å². The van der Waals surface area contributed by atoms with E-state index in [9.17, 15) is 0 Å². The van der Waals surface area contributed by atoms with E-state index in [2.05, 4.69) is 41.2 Å². The topological polar surface area (TPSA) is 12.0 Å². The van der Waals surface area contributed by atoms with Crippen LogP contribution in [0, 0.1) is 13.8 Å². The fourth-order valence-electron chi connectivity index (χ4n) is 2.24.